The molecular formula is C35H45N5O3. The lowest BCUT2D eigenvalue weighted by atomic mass is 10.1. The van der Waals surface area contributed by atoms with Crippen molar-refractivity contribution in [2.75, 3.05) is 55.4 Å². The molecule has 43 heavy (non-hydrogen) atoms. The maximum absolute atomic E-state index is 14.7. The molecule has 0 saturated carbocycles. The van der Waals surface area contributed by atoms with Crippen molar-refractivity contribution >= 4 is 34.9 Å². The lowest BCUT2D eigenvalue weighted by Crippen LogP contribution is -2.42. The van der Waals surface area contributed by atoms with Gasteiger partial charge < -0.3 is 19.4 Å². The van der Waals surface area contributed by atoms with Gasteiger partial charge >= 0.3 is 12.1 Å². The van der Waals surface area contributed by atoms with Gasteiger partial charge in [-0.3, -0.25) is 10.2 Å². The lowest BCUT2D eigenvalue weighted by Gasteiger charge is -2.33. The zero-order chi connectivity index (χ0) is 31.0. The minimum Gasteiger partial charge on any atom is -0.444 e. The normalized spacial score (nSPS) is 13.4. The number of para-hydroxylation sites is 2. The van der Waals surface area contributed by atoms with Crippen molar-refractivity contribution in [3.8, 4) is 0 Å². The number of hydrogen-bond donors (Lipinski definition) is 1. The third-order valence-corrected chi connectivity index (χ3v) is 7.32. The highest BCUT2D eigenvalue weighted by molar-refractivity contribution is 6.04. The molecule has 0 bridgehead atoms. The maximum Gasteiger partial charge on any atom is 0.412 e. The SMILES string of the molecule is [CH]c1ccc(CN(CCCN2CCCC2)C(=O)N(c2ccc(N(C)C)cc2)c2ccccc2NC(=O)OC(C)(C)C)cc1. The van der Waals surface area contributed by atoms with Crippen LogP contribution in [0.3, 0.4) is 0 Å². The van der Waals surface area contributed by atoms with Gasteiger partial charge in [0.05, 0.1) is 17.1 Å². The molecule has 0 spiro atoms. The molecule has 0 atom stereocenters. The fourth-order valence-electron chi connectivity index (χ4n) is 5.16. The molecule has 4 rings (SSSR count). The van der Waals surface area contributed by atoms with Crippen LogP contribution in [0.25, 0.3) is 0 Å². The molecule has 1 saturated heterocycles. The van der Waals surface area contributed by atoms with Gasteiger partial charge in [0.1, 0.15) is 5.60 Å². The number of carbonyl (C=O) groups excluding carboxylic acids is 2. The third kappa shape index (κ3) is 9.22. The Morgan fingerprint density at radius 1 is 0.907 bits per heavy atom. The van der Waals surface area contributed by atoms with E-state index in [-0.39, 0.29) is 6.03 Å². The van der Waals surface area contributed by atoms with Gasteiger partial charge in [0.25, 0.3) is 0 Å². The zero-order valence-electron chi connectivity index (χ0n) is 26.2. The minimum atomic E-state index is -0.665. The number of rotatable bonds is 10. The van der Waals surface area contributed by atoms with Crippen molar-refractivity contribution in [1.82, 2.24) is 9.80 Å². The van der Waals surface area contributed by atoms with Crippen LogP contribution in [-0.4, -0.2) is 67.8 Å². The molecule has 0 aliphatic carbocycles. The first-order chi connectivity index (χ1) is 20.5. The highest BCUT2D eigenvalue weighted by atomic mass is 16.6. The Morgan fingerprint density at radius 2 is 1.53 bits per heavy atom. The summed E-state index contributed by atoms with van der Waals surface area (Å²) in [5.74, 6) is 0. The monoisotopic (exact) mass is 583 g/mol. The average Bonchev–Trinajstić information content (AvgIpc) is 3.47. The Morgan fingerprint density at radius 3 is 2.16 bits per heavy atom. The van der Waals surface area contributed by atoms with Crippen LogP contribution in [0.4, 0.5) is 32.3 Å². The molecule has 8 nitrogen and oxygen atoms in total. The van der Waals surface area contributed by atoms with Crippen LogP contribution in [0.2, 0.25) is 0 Å². The van der Waals surface area contributed by atoms with Gasteiger partial charge in [-0.15, -0.1) is 0 Å². The molecule has 228 valence electrons. The first-order valence-corrected chi connectivity index (χ1v) is 15.0. The Labute approximate surface area is 257 Å². The molecule has 3 aromatic rings. The van der Waals surface area contributed by atoms with Crippen molar-refractivity contribution in [3.05, 3.63) is 90.8 Å². The molecule has 1 N–H and O–H groups in total. The van der Waals surface area contributed by atoms with E-state index in [0.29, 0.717) is 35.7 Å². The van der Waals surface area contributed by atoms with E-state index in [9.17, 15) is 9.59 Å². The van der Waals surface area contributed by atoms with E-state index in [1.165, 1.54) is 12.8 Å². The van der Waals surface area contributed by atoms with Gasteiger partial charge in [-0.25, -0.2) is 9.59 Å². The molecule has 1 aliphatic rings. The summed E-state index contributed by atoms with van der Waals surface area (Å²) >= 11 is 0. The van der Waals surface area contributed by atoms with Crippen LogP contribution in [0.1, 0.15) is 51.2 Å². The summed E-state index contributed by atoms with van der Waals surface area (Å²) in [5.41, 5.74) is 3.75. The Hall–Kier alpha value is -4.04. The van der Waals surface area contributed by atoms with Gasteiger partial charge in [0, 0.05) is 32.9 Å². The smallest absolute Gasteiger partial charge is 0.412 e. The van der Waals surface area contributed by atoms with E-state index >= 15 is 0 Å². The van der Waals surface area contributed by atoms with Crippen molar-refractivity contribution in [1.29, 1.82) is 0 Å². The van der Waals surface area contributed by atoms with Crippen LogP contribution in [0.5, 0.6) is 0 Å². The summed E-state index contributed by atoms with van der Waals surface area (Å²) in [6.45, 7) is 15.6. The van der Waals surface area contributed by atoms with Gasteiger partial charge in [-0.05, 0) is 114 Å². The summed E-state index contributed by atoms with van der Waals surface area (Å²) < 4.78 is 5.54. The zero-order valence-corrected chi connectivity index (χ0v) is 26.2. The fourth-order valence-corrected chi connectivity index (χ4v) is 5.16. The number of carbonyl (C=O) groups is 2. The molecule has 8 heteroatoms. The largest absolute Gasteiger partial charge is 0.444 e. The number of benzene rings is 3. The van der Waals surface area contributed by atoms with Crippen molar-refractivity contribution < 1.29 is 14.3 Å². The van der Waals surface area contributed by atoms with E-state index in [2.05, 4.69) is 10.2 Å². The number of anilines is 4. The summed E-state index contributed by atoms with van der Waals surface area (Å²) in [4.78, 5) is 35.6. The van der Waals surface area contributed by atoms with Crippen LogP contribution in [0.15, 0.2) is 72.8 Å². The van der Waals surface area contributed by atoms with Crippen LogP contribution >= 0.6 is 0 Å². The molecule has 2 radical (unpaired) electrons. The molecule has 0 unspecified atom stereocenters. The standard InChI is InChI=1S/C35H45N5O3/c1-27-14-16-28(17-15-27)26-39(25-11-24-38-22-9-10-23-38)34(42)40(30-20-18-29(19-21-30)37(5)6)32-13-8-7-12-31(32)36-33(41)43-35(2,3)4/h1,7-8,12-21H,9-11,22-26H2,2-6H3,(H,36,41). The van der Waals surface area contributed by atoms with Gasteiger partial charge in [-0.2, -0.15) is 0 Å². The Balaban J connectivity index is 1.71. The van der Waals surface area contributed by atoms with E-state index in [0.717, 1.165) is 37.3 Å². The lowest BCUT2D eigenvalue weighted by molar-refractivity contribution is 0.0636. The quantitative estimate of drug-likeness (QED) is 0.269. The first kappa shape index (κ1) is 31.9. The van der Waals surface area contributed by atoms with Crippen molar-refractivity contribution in [2.24, 2.45) is 0 Å². The summed E-state index contributed by atoms with van der Waals surface area (Å²) in [6, 6.07) is 22.6. The predicted molar refractivity (Wildman–Crippen MR) is 175 cm³/mol. The molecule has 1 aliphatic heterocycles. The van der Waals surface area contributed by atoms with Crippen molar-refractivity contribution in [3.63, 3.8) is 0 Å². The number of amides is 3. The molecule has 1 fully saturated rings. The van der Waals surface area contributed by atoms with Crippen LogP contribution in [0, 0.1) is 6.92 Å². The molecule has 0 aromatic heterocycles. The number of nitrogens with zero attached hydrogens (tertiary/aromatic N) is 4. The minimum absolute atomic E-state index is 0.186. The second kappa shape index (κ2) is 14.4. The highest BCUT2D eigenvalue weighted by Crippen LogP contribution is 2.35. The number of nitrogens with one attached hydrogen (secondary N) is 1. The molecule has 3 aromatic carbocycles. The third-order valence-electron chi connectivity index (χ3n) is 7.32. The molecule has 1 heterocycles. The van der Waals surface area contributed by atoms with E-state index < -0.39 is 11.7 Å². The second-order valence-electron chi connectivity index (χ2n) is 12.2. The summed E-state index contributed by atoms with van der Waals surface area (Å²) in [6.07, 6.45) is 2.73. The number of ether oxygens (including phenoxy) is 1. The number of likely N-dealkylation sites (tertiary alicyclic amines) is 1. The van der Waals surface area contributed by atoms with E-state index in [1.54, 1.807) is 11.0 Å². The topological polar surface area (TPSA) is 68.4 Å². The summed E-state index contributed by atoms with van der Waals surface area (Å²) in [5, 5.41) is 2.87. The van der Waals surface area contributed by atoms with Gasteiger partial charge in [0.2, 0.25) is 0 Å². The fraction of sp³-hybridized carbons (Fsp3) is 0.400. The first-order valence-electron chi connectivity index (χ1n) is 15.0. The molecule has 3 amide bonds. The Bertz CT molecular complexity index is 1340. The van der Waals surface area contributed by atoms with E-state index in [4.69, 9.17) is 11.7 Å². The van der Waals surface area contributed by atoms with Crippen molar-refractivity contribution in [2.45, 2.75) is 52.2 Å². The van der Waals surface area contributed by atoms with Crippen LogP contribution < -0.4 is 15.1 Å². The predicted octanol–water partition coefficient (Wildman–Crippen LogP) is 7.40. The summed E-state index contributed by atoms with van der Waals surface area (Å²) in [7, 11) is 3.96. The average molecular weight is 584 g/mol. The number of hydrogen-bond acceptors (Lipinski definition) is 5. The Kier molecular flexibility index (Phi) is 10.7. The van der Waals surface area contributed by atoms with Gasteiger partial charge in [-0.1, -0.05) is 36.4 Å². The van der Waals surface area contributed by atoms with Gasteiger partial charge in [0.15, 0.2) is 0 Å². The van der Waals surface area contributed by atoms with E-state index in [1.807, 2.05) is 111 Å². The highest BCUT2D eigenvalue weighted by Gasteiger charge is 2.28. The number of urea groups is 1. The second-order valence-corrected chi connectivity index (χ2v) is 12.2. The maximum atomic E-state index is 14.7. The molecular weight excluding hydrogens is 538 g/mol. The van der Waals surface area contributed by atoms with Crippen LogP contribution in [-0.2, 0) is 11.3 Å².